The Morgan fingerprint density at radius 2 is 1.83 bits per heavy atom. The number of ether oxygens (including phenoxy) is 1. The van der Waals surface area contributed by atoms with Crippen LogP contribution in [-0.4, -0.2) is 51.3 Å². The Labute approximate surface area is 161 Å². The molecule has 0 saturated heterocycles. The number of amides is 1. The lowest BCUT2D eigenvalue weighted by molar-refractivity contribution is -0.119. The summed E-state index contributed by atoms with van der Waals surface area (Å²) in [5.41, 5.74) is 0.912. The van der Waals surface area contributed by atoms with Gasteiger partial charge < -0.3 is 20.7 Å². The number of hydrogen-bond donors (Lipinski definition) is 3. The number of methoxy groups -OCH3 is 1. The van der Waals surface area contributed by atoms with Gasteiger partial charge in [-0.1, -0.05) is 30.3 Å². The zero-order chi connectivity index (χ0) is 17.1. The second kappa shape index (κ2) is 12.1. The zero-order valence-corrected chi connectivity index (χ0v) is 17.2. The van der Waals surface area contributed by atoms with Gasteiger partial charge in [0, 0.05) is 27.2 Å². The Morgan fingerprint density at radius 3 is 2.42 bits per heavy atom. The van der Waals surface area contributed by atoms with Gasteiger partial charge in [0.2, 0.25) is 5.91 Å². The molecule has 0 spiro atoms. The van der Waals surface area contributed by atoms with E-state index in [1.165, 1.54) is 5.56 Å². The highest BCUT2D eigenvalue weighted by atomic mass is 127. The molecule has 0 heterocycles. The number of aliphatic imine (C=N–C) groups is 1. The van der Waals surface area contributed by atoms with E-state index in [0.717, 1.165) is 6.42 Å². The molecule has 1 aromatic rings. The summed E-state index contributed by atoms with van der Waals surface area (Å²) in [6.07, 6.45) is 0.821. The highest BCUT2D eigenvalue weighted by Gasteiger charge is 2.16. The van der Waals surface area contributed by atoms with Gasteiger partial charge in [-0.05, 0) is 25.8 Å². The van der Waals surface area contributed by atoms with Gasteiger partial charge in [0.1, 0.15) is 0 Å². The first-order valence-corrected chi connectivity index (χ1v) is 7.77. The van der Waals surface area contributed by atoms with Crippen LogP contribution < -0.4 is 16.0 Å². The minimum Gasteiger partial charge on any atom is -0.377 e. The maximum Gasteiger partial charge on any atom is 0.239 e. The number of benzene rings is 1. The van der Waals surface area contributed by atoms with E-state index in [1.807, 2.05) is 44.2 Å². The molecule has 0 radical (unpaired) electrons. The lowest BCUT2D eigenvalue weighted by Crippen LogP contribution is -2.47. The van der Waals surface area contributed by atoms with Crippen molar-refractivity contribution in [1.29, 1.82) is 0 Å². The Morgan fingerprint density at radius 1 is 1.17 bits per heavy atom. The topological polar surface area (TPSA) is 74.8 Å². The number of hydrogen-bond acceptors (Lipinski definition) is 3. The van der Waals surface area contributed by atoms with E-state index in [0.29, 0.717) is 19.0 Å². The smallest absolute Gasteiger partial charge is 0.239 e. The van der Waals surface area contributed by atoms with Gasteiger partial charge in [0.25, 0.3) is 0 Å². The Kier molecular flexibility index (Phi) is 11.4. The molecular formula is C17H29IN4O2. The maximum atomic E-state index is 11.8. The van der Waals surface area contributed by atoms with Crippen molar-refractivity contribution in [3.8, 4) is 0 Å². The Balaban J connectivity index is 0.00000529. The molecule has 136 valence electrons. The molecule has 6 nitrogen and oxygen atoms in total. The predicted octanol–water partition coefficient (Wildman–Crippen LogP) is 1.55. The van der Waals surface area contributed by atoms with Crippen LogP contribution in [0.3, 0.4) is 0 Å². The van der Waals surface area contributed by atoms with Crippen LogP contribution in [0.25, 0.3) is 0 Å². The summed E-state index contributed by atoms with van der Waals surface area (Å²) in [7, 11) is 3.33. The average Bonchev–Trinajstić information content (AvgIpc) is 2.56. The van der Waals surface area contributed by atoms with Crippen molar-refractivity contribution in [2.24, 2.45) is 4.99 Å². The number of guanidine groups is 1. The molecule has 0 bridgehead atoms. The SMILES string of the molecule is CN=C(NCC(=O)NCCc1ccccc1)NCC(C)(C)OC.I. The molecule has 0 aliphatic rings. The van der Waals surface area contributed by atoms with Crippen molar-refractivity contribution in [2.45, 2.75) is 25.9 Å². The summed E-state index contributed by atoms with van der Waals surface area (Å²) in [4.78, 5) is 15.9. The summed E-state index contributed by atoms with van der Waals surface area (Å²) < 4.78 is 5.33. The van der Waals surface area contributed by atoms with Crippen LogP contribution in [-0.2, 0) is 16.0 Å². The molecule has 0 saturated carbocycles. The van der Waals surface area contributed by atoms with Crippen LogP contribution in [0.15, 0.2) is 35.3 Å². The number of carbonyl (C=O) groups excluding carboxylic acids is 1. The van der Waals surface area contributed by atoms with Crippen LogP contribution in [0.4, 0.5) is 0 Å². The molecule has 0 atom stereocenters. The third-order valence-electron chi connectivity index (χ3n) is 3.45. The van der Waals surface area contributed by atoms with E-state index in [2.05, 4.69) is 20.9 Å². The minimum absolute atomic E-state index is 0. The van der Waals surface area contributed by atoms with Gasteiger partial charge in [-0.25, -0.2) is 0 Å². The van der Waals surface area contributed by atoms with Crippen LogP contribution in [0.1, 0.15) is 19.4 Å². The quantitative estimate of drug-likeness (QED) is 0.321. The number of nitrogens with one attached hydrogen (secondary N) is 3. The first-order chi connectivity index (χ1) is 11.0. The van der Waals surface area contributed by atoms with E-state index in [-0.39, 0.29) is 42.0 Å². The number of carbonyl (C=O) groups is 1. The lowest BCUT2D eigenvalue weighted by Gasteiger charge is -2.24. The van der Waals surface area contributed by atoms with Gasteiger partial charge in [0.15, 0.2) is 5.96 Å². The largest absolute Gasteiger partial charge is 0.377 e. The van der Waals surface area contributed by atoms with Crippen molar-refractivity contribution >= 4 is 35.8 Å². The lowest BCUT2D eigenvalue weighted by atomic mass is 10.1. The molecule has 24 heavy (non-hydrogen) atoms. The predicted molar refractivity (Wildman–Crippen MR) is 109 cm³/mol. The highest BCUT2D eigenvalue weighted by Crippen LogP contribution is 2.04. The number of rotatable bonds is 8. The van der Waals surface area contributed by atoms with Crippen LogP contribution in [0, 0.1) is 0 Å². The normalized spacial score (nSPS) is 11.4. The van der Waals surface area contributed by atoms with Crippen molar-refractivity contribution in [3.05, 3.63) is 35.9 Å². The average molecular weight is 448 g/mol. The van der Waals surface area contributed by atoms with Gasteiger partial charge in [-0.2, -0.15) is 0 Å². The third-order valence-corrected chi connectivity index (χ3v) is 3.45. The molecule has 0 fully saturated rings. The van der Waals surface area contributed by atoms with E-state index < -0.39 is 0 Å². The van der Waals surface area contributed by atoms with Crippen molar-refractivity contribution in [1.82, 2.24) is 16.0 Å². The maximum absolute atomic E-state index is 11.8. The molecule has 0 aromatic heterocycles. The van der Waals surface area contributed by atoms with Crippen molar-refractivity contribution in [3.63, 3.8) is 0 Å². The molecule has 1 rings (SSSR count). The molecule has 7 heteroatoms. The molecule has 0 aliphatic carbocycles. The first kappa shape index (κ1) is 22.6. The van der Waals surface area contributed by atoms with E-state index in [4.69, 9.17) is 4.74 Å². The molecule has 0 unspecified atom stereocenters. The molecular weight excluding hydrogens is 419 g/mol. The first-order valence-electron chi connectivity index (χ1n) is 7.77. The van der Waals surface area contributed by atoms with Gasteiger partial charge in [-0.3, -0.25) is 9.79 Å². The standard InChI is InChI=1S/C17H28N4O2.HI/c1-17(2,23-4)13-21-16(18-3)20-12-15(22)19-11-10-14-8-6-5-7-9-14;/h5-9H,10-13H2,1-4H3,(H,19,22)(H2,18,20,21);1H. The van der Waals surface area contributed by atoms with Crippen LogP contribution in [0.2, 0.25) is 0 Å². The minimum atomic E-state index is -0.296. The van der Waals surface area contributed by atoms with Gasteiger partial charge in [-0.15, -0.1) is 24.0 Å². The summed E-state index contributed by atoms with van der Waals surface area (Å²) in [5.74, 6) is 0.517. The molecule has 1 amide bonds. The third kappa shape index (κ3) is 9.71. The fourth-order valence-electron chi connectivity index (χ4n) is 1.81. The number of halogens is 1. The molecule has 1 aromatic carbocycles. The van der Waals surface area contributed by atoms with Crippen LogP contribution >= 0.6 is 24.0 Å². The summed E-state index contributed by atoms with van der Waals surface area (Å²) >= 11 is 0. The number of nitrogens with zero attached hydrogens (tertiary/aromatic N) is 1. The monoisotopic (exact) mass is 448 g/mol. The van der Waals surface area contributed by atoms with Crippen LogP contribution in [0.5, 0.6) is 0 Å². The Hall–Kier alpha value is -1.35. The van der Waals surface area contributed by atoms with E-state index in [9.17, 15) is 4.79 Å². The van der Waals surface area contributed by atoms with E-state index in [1.54, 1.807) is 14.2 Å². The fraction of sp³-hybridized carbons (Fsp3) is 0.529. The Bertz CT molecular complexity index is 507. The van der Waals surface area contributed by atoms with Gasteiger partial charge >= 0.3 is 0 Å². The molecule has 0 aliphatic heterocycles. The second-order valence-electron chi connectivity index (χ2n) is 5.83. The summed E-state index contributed by atoms with van der Waals surface area (Å²) in [6.45, 7) is 5.35. The van der Waals surface area contributed by atoms with Crippen molar-refractivity contribution in [2.75, 3.05) is 33.8 Å². The van der Waals surface area contributed by atoms with E-state index >= 15 is 0 Å². The zero-order valence-electron chi connectivity index (χ0n) is 14.9. The summed E-state index contributed by atoms with van der Waals surface area (Å²) in [5, 5.41) is 9.00. The van der Waals surface area contributed by atoms with Crippen molar-refractivity contribution < 1.29 is 9.53 Å². The highest BCUT2D eigenvalue weighted by molar-refractivity contribution is 14.0. The molecule has 3 N–H and O–H groups in total. The summed E-state index contributed by atoms with van der Waals surface area (Å²) in [6, 6.07) is 10.1. The second-order valence-corrected chi connectivity index (χ2v) is 5.83. The van der Waals surface area contributed by atoms with Gasteiger partial charge in [0.05, 0.1) is 12.1 Å². The fourth-order valence-corrected chi connectivity index (χ4v) is 1.81.